The van der Waals surface area contributed by atoms with Gasteiger partial charge < -0.3 is 10.7 Å². The van der Waals surface area contributed by atoms with Crippen LogP contribution in [0.5, 0.6) is 0 Å². The molecule has 0 saturated carbocycles. The summed E-state index contributed by atoms with van der Waals surface area (Å²) in [6.45, 7) is 0.289. The Morgan fingerprint density at radius 2 is 2.24 bits per heavy atom. The van der Waals surface area contributed by atoms with Crippen LogP contribution in [0.25, 0.3) is 0 Å². The van der Waals surface area contributed by atoms with Crippen molar-refractivity contribution in [2.45, 2.75) is 6.54 Å². The molecule has 0 aliphatic heterocycles. The first-order valence-electron chi connectivity index (χ1n) is 4.99. The fourth-order valence-electron chi connectivity index (χ4n) is 1.38. The molecule has 0 radical (unpaired) electrons. The largest absolute Gasteiger partial charge is 0.345 e. The molecule has 0 spiro atoms. The topological polar surface area (TPSA) is 109 Å². The number of hydrogen-bond donors (Lipinski definition) is 4. The fraction of sp³-hybridized carbons (Fsp3) is 0.100. The zero-order valence-electron chi connectivity index (χ0n) is 8.97. The monoisotopic (exact) mass is 232 g/mol. The van der Waals surface area contributed by atoms with E-state index in [9.17, 15) is 4.79 Å². The highest BCUT2D eigenvalue weighted by atomic mass is 16.1. The summed E-state index contributed by atoms with van der Waals surface area (Å²) in [6.07, 6.45) is 1.39. The summed E-state index contributed by atoms with van der Waals surface area (Å²) in [5, 5.41) is 9.05. The Morgan fingerprint density at radius 3 is 2.94 bits per heavy atom. The van der Waals surface area contributed by atoms with Gasteiger partial charge >= 0.3 is 0 Å². The molecule has 2 aromatic rings. The molecule has 0 aliphatic carbocycles. The zero-order valence-corrected chi connectivity index (χ0v) is 8.97. The Morgan fingerprint density at radius 1 is 1.41 bits per heavy atom. The predicted octanol–water partition coefficient (Wildman–Crippen LogP) is 0.0203. The van der Waals surface area contributed by atoms with E-state index in [0.717, 1.165) is 0 Å². The van der Waals surface area contributed by atoms with Gasteiger partial charge in [0.1, 0.15) is 12.2 Å². The molecule has 0 atom stereocenters. The number of aromatic amines is 1. The number of hydrazine groups is 1. The number of benzene rings is 1. The second-order valence-electron chi connectivity index (χ2n) is 3.30. The van der Waals surface area contributed by atoms with Gasteiger partial charge in [-0.2, -0.15) is 5.10 Å². The molecule has 0 fully saturated rings. The molecule has 1 aromatic carbocycles. The van der Waals surface area contributed by atoms with Crippen LogP contribution in [0, 0.1) is 0 Å². The number of hydrogen-bond acceptors (Lipinski definition) is 5. The summed E-state index contributed by atoms with van der Waals surface area (Å²) in [6, 6.07) is 6.97. The molecular weight excluding hydrogens is 220 g/mol. The molecule has 2 rings (SSSR count). The van der Waals surface area contributed by atoms with Crippen LogP contribution in [0.15, 0.2) is 30.6 Å². The third-order valence-electron chi connectivity index (χ3n) is 2.21. The Balaban J connectivity index is 2.04. The lowest BCUT2D eigenvalue weighted by atomic mass is 10.1. The number of H-pyrrole nitrogens is 1. The number of nitrogens with zero attached hydrogens (tertiary/aromatic N) is 2. The number of carbonyl (C=O) groups is 1. The summed E-state index contributed by atoms with van der Waals surface area (Å²) in [4.78, 5) is 15.8. The molecular formula is C10H12N6O. The minimum atomic E-state index is -0.227. The number of nitrogens with one attached hydrogen (secondary N) is 3. The third-order valence-corrected chi connectivity index (χ3v) is 2.21. The standard InChI is InChI=1S/C10H12N6O/c11-15-8-4-2-1-3-7(8)10(17)12-5-9-13-6-14-16-9/h1-4,6,15H,5,11H2,(H,12,17)(H,13,14,16). The van der Waals surface area contributed by atoms with Crippen molar-refractivity contribution in [2.75, 3.05) is 5.43 Å². The minimum Gasteiger partial charge on any atom is -0.345 e. The highest BCUT2D eigenvalue weighted by Crippen LogP contribution is 2.12. The molecule has 0 bridgehead atoms. The predicted molar refractivity (Wildman–Crippen MR) is 61.8 cm³/mol. The number of nitrogens with two attached hydrogens (primary N) is 1. The number of carbonyl (C=O) groups excluding carboxylic acids is 1. The Bertz CT molecular complexity index is 495. The van der Waals surface area contributed by atoms with E-state index in [4.69, 9.17) is 5.84 Å². The van der Waals surface area contributed by atoms with Crippen molar-refractivity contribution in [3.05, 3.63) is 42.0 Å². The molecule has 0 aliphatic rings. The lowest BCUT2D eigenvalue weighted by Crippen LogP contribution is -2.25. The number of rotatable bonds is 4. The maximum atomic E-state index is 11.9. The van der Waals surface area contributed by atoms with Crippen molar-refractivity contribution >= 4 is 11.6 Å². The van der Waals surface area contributed by atoms with Crippen LogP contribution >= 0.6 is 0 Å². The maximum absolute atomic E-state index is 11.9. The lowest BCUT2D eigenvalue weighted by molar-refractivity contribution is 0.0950. The Hall–Kier alpha value is -2.41. The second-order valence-corrected chi connectivity index (χ2v) is 3.30. The first-order valence-corrected chi connectivity index (χ1v) is 4.99. The summed E-state index contributed by atoms with van der Waals surface area (Å²) in [7, 11) is 0. The van der Waals surface area contributed by atoms with E-state index in [2.05, 4.69) is 25.9 Å². The van der Waals surface area contributed by atoms with E-state index in [1.807, 2.05) is 0 Å². The van der Waals surface area contributed by atoms with E-state index < -0.39 is 0 Å². The normalized spacial score (nSPS) is 9.94. The van der Waals surface area contributed by atoms with E-state index >= 15 is 0 Å². The molecule has 5 N–H and O–H groups in total. The van der Waals surface area contributed by atoms with Crippen LogP contribution in [0.4, 0.5) is 5.69 Å². The van der Waals surface area contributed by atoms with Gasteiger partial charge in [0.05, 0.1) is 17.8 Å². The van der Waals surface area contributed by atoms with Gasteiger partial charge in [0.2, 0.25) is 0 Å². The van der Waals surface area contributed by atoms with Crippen LogP contribution in [0.3, 0.4) is 0 Å². The van der Waals surface area contributed by atoms with Crippen molar-refractivity contribution in [3.8, 4) is 0 Å². The fourth-order valence-corrected chi connectivity index (χ4v) is 1.38. The molecule has 1 heterocycles. The van der Waals surface area contributed by atoms with Gasteiger partial charge in [0.25, 0.3) is 5.91 Å². The Kier molecular flexibility index (Phi) is 3.31. The van der Waals surface area contributed by atoms with Crippen molar-refractivity contribution in [2.24, 2.45) is 5.84 Å². The zero-order chi connectivity index (χ0) is 12.1. The molecule has 0 saturated heterocycles. The molecule has 7 heteroatoms. The molecule has 1 aromatic heterocycles. The molecule has 88 valence electrons. The molecule has 1 amide bonds. The summed E-state index contributed by atoms with van der Waals surface area (Å²) in [5.74, 6) is 5.69. The van der Waals surface area contributed by atoms with E-state index in [1.165, 1.54) is 6.33 Å². The Labute approximate surface area is 97.4 Å². The van der Waals surface area contributed by atoms with Crippen molar-refractivity contribution in [3.63, 3.8) is 0 Å². The molecule has 0 unspecified atom stereocenters. The van der Waals surface area contributed by atoms with Crippen molar-refractivity contribution in [1.29, 1.82) is 0 Å². The highest BCUT2D eigenvalue weighted by Gasteiger charge is 2.09. The maximum Gasteiger partial charge on any atom is 0.253 e. The van der Waals surface area contributed by atoms with Gasteiger partial charge in [-0.3, -0.25) is 15.7 Å². The lowest BCUT2D eigenvalue weighted by Gasteiger charge is -2.08. The first-order chi connectivity index (χ1) is 8.31. The summed E-state index contributed by atoms with van der Waals surface area (Å²) in [5.41, 5.74) is 3.53. The van der Waals surface area contributed by atoms with Crippen LogP contribution in [0.2, 0.25) is 0 Å². The second kappa shape index (κ2) is 5.08. The van der Waals surface area contributed by atoms with E-state index in [1.54, 1.807) is 24.3 Å². The number of para-hydroxylation sites is 1. The van der Waals surface area contributed by atoms with E-state index in [-0.39, 0.29) is 12.5 Å². The van der Waals surface area contributed by atoms with Crippen LogP contribution < -0.4 is 16.6 Å². The summed E-state index contributed by atoms with van der Waals surface area (Å²) < 4.78 is 0. The van der Waals surface area contributed by atoms with Crippen LogP contribution in [-0.4, -0.2) is 21.1 Å². The molecule has 17 heavy (non-hydrogen) atoms. The number of aromatic nitrogens is 3. The van der Waals surface area contributed by atoms with Crippen molar-refractivity contribution < 1.29 is 4.79 Å². The summed E-state index contributed by atoms with van der Waals surface area (Å²) >= 11 is 0. The van der Waals surface area contributed by atoms with E-state index in [0.29, 0.717) is 17.1 Å². The van der Waals surface area contributed by atoms with Gasteiger partial charge in [-0.1, -0.05) is 12.1 Å². The van der Waals surface area contributed by atoms with Crippen molar-refractivity contribution in [1.82, 2.24) is 20.5 Å². The van der Waals surface area contributed by atoms with Crippen LogP contribution in [0.1, 0.15) is 16.2 Å². The number of amides is 1. The van der Waals surface area contributed by atoms with Crippen LogP contribution in [-0.2, 0) is 6.54 Å². The smallest absolute Gasteiger partial charge is 0.253 e. The first kappa shape index (κ1) is 11.1. The average molecular weight is 232 g/mol. The number of nitrogen functional groups attached to an aromatic ring is 1. The third kappa shape index (κ3) is 2.58. The van der Waals surface area contributed by atoms with Gasteiger partial charge in [0.15, 0.2) is 0 Å². The molecule has 7 nitrogen and oxygen atoms in total. The van der Waals surface area contributed by atoms with Gasteiger partial charge in [-0.15, -0.1) is 0 Å². The minimum absolute atomic E-state index is 0.227. The number of anilines is 1. The van der Waals surface area contributed by atoms with Gasteiger partial charge in [-0.05, 0) is 12.1 Å². The highest BCUT2D eigenvalue weighted by molar-refractivity contribution is 5.99. The SMILES string of the molecule is NNc1ccccc1C(=O)NCc1ncn[nH]1. The average Bonchev–Trinajstić information content (AvgIpc) is 2.89. The quantitative estimate of drug-likeness (QED) is 0.439. The van der Waals surface area contributed by atoms with Gasteiger partial charge in [-0.25, -0.2) is 4.98 Å². The van der Waals surface area contributed by atoms with Gasteiger partial charge in [0, 0.05) is 0 Å².